The Kier molecular flexibility index (Phi) is 5.61. The van der Waals surface area contributed by atoms with Gasteiger partial charge in [0.15, 0.2) is 11.6 Å². The van der Waals surface area contributed by atoms with Crippen LogP contribution in [0.2, 0.25) is 0 Å². The Labute approximate surface area is 125 Å². The second-order valence-electron chi connectivity index (χ2n) is 4.36. The summed E-state index contributed by atoms with van der Waals surface area (Å²) in [5.41, 5.74) is 1.47. The maximum absolute atomic E-state index is 13.3. The molecule has 0 atom stereocenters. The van der Waals surface area contributed by atoms with E-state index in [1.807, 2.05) is 38.1 Å². The van der Waals surface area contributed by atoms with Crippen molar-refractivity contribution in [2.24, 2.45) is 0 Å². The van der Waals surface area contributed by atoms with E-state index in [4.69, 9.17) is 8.85 Å². The van der Waals surface area contributed by atoms with E-state index < -0.39 is 20.9 Å². The van der Waals surface area contributed by atoms with Gasteiger partial charge in [0.2, 0.25) is 0 Å². The molecule has 2 aromatic rings. The summed E-state index contributed by atoms with van der Waals surface area (Å²) in [5.74, 6) is -1.68. The lowest BCUT2D eigenvalue weighted by Gasteiger charge is -2.13. The molecule has 21 heavy (non-hydrogen) atoms. The summed E-state index contributed by atoms with van der Waals surface area (Å²) in [6, 6.07) is 11.4. The van der Waals surface area contributed by atoms with Gasteiger partial charge in [-0.2, -0.15) is 0 Å². The van der Waals surface area contributed by atoms with E-state index in [-0.39, 0.29) is 0 Å². The number of hydrogen-bond donors (Lipinski definition) is 0. The third kappa shape index (κ3) is 3.97. The normalized spacial score (nSPS) is 11.1. The maximum atomic E-state index is 13.3. The van der Waals surface area contributed by atoms with Crippen molar-refractivity contribution in [2.45, 2.75) is 13.8 Å². The van der Waals surface area contributed by atoms with Crippen LogP contribution in [0, 0.1) is 11.6 Å². The quantitative estimate of drug-likeness (QED) is 0.762. The standard InChI is InChI=1S/C16H17F2O2Si/c1-3-19-21(20-4-2)14-8-5-12(6-9-14)13-7-10-15(17)16(18)11-13/h5-11H,3-4H2,1-2H3. The Morgan fingerprint density at radius 1 is 0.810 bits per heavy atom. The molecule has 0 heterocycles. The van der Waals surface area contributed by atoms with Gasteiger partial charge in [-0.15, -0.1) is 0 Å². The van der Waals surface area contributed by atoms with Crippen LogP contribution in [0.1, 0.15) is 13.8 Å². The van der Waals surface area contributed by atoms with E-state index >= 15 is 0 Å². The lowest BCUT2D eigenvalue weighted by atomic mass is 10.1. The van der Waals surface area contributed by atoms with Crippen LogP contribution in [0.15, 0.2) is 42.5 Å². The van der Waals surface area contributed by atoms with Crippen LogP contribution in [-0.2, 0) is 8.85 Å². The summed E-state index contributed by atoms with van der Waals surface area (Å²) in [6.45, 7) is 5.05. The third-order valence-corrected chi connectivity index (χ3v) is 4.83. The molecule has 0 bridgehead atoms. The van der Waals surface area contributed by atoms with Crippen LogP contribution in [0.4, 0.5) is 8.78 Å². The molecule has 0 aromatic heterocycles. The van der Waals surface area contributed by atoms with E-state index in [9.17, 15) is 8.78 Å². The molecule has 0 N–H and O–H groups in total. The third-order valence-electron chi connectivity index (χ3n) is 2.92. The second kappa shape index (κ2) is 7.45. The highest BCUT2D eigenvalue weighted by Gasteiger charge is 2.17. The zero-order chi connectivity index (χ0) is 15.2. The minimum Gasteiger partial charge on any atom is -0.390 e. The number of halogens is 2. The van der Waals surface area contributed by atoms with Crippen molar-refractivity contribution >= 4 is 14.5 Å². The number of rotatable bonds is 6. The smallest absolute Gasteiger partial charge is 0.390 e. The fourth-order valence-electron chi connectivity index (χ4n) is 1.94. The molecule has 2 rings (SSSR count). The van der Waals surface area contributed by atoms with Crippen LogP contribution in [0.25, 0.3) is 11.1 Å². The van der Waals surface area contributed by atoms with Crippen molar-refractivity contribution < 1.29 is 17.6 Å². The molecule has 0 aliphatic rings. The highest BCUT2D eigenvalue weighted by Crippen LogP contribution is 2.20. The van der Waals surface area contributed by atoms with Gasteiger partial charge in [0.1, 0.15) is 0 Å². The van der Waals surface area contributed by atoms with E-state index in [1.54, 1.807) is 6.07 Å². The lowest BCUT2D eigenvalue weighted by Crippen LogP contribution is -2.36. The zero-order valence-electron chi connectivity index (χ0n) is 12.0. The monoisotopic (exact) mass is 307 g/mol. The minimum absolute atomic E-state index is 0.596. The second-order valence-corrected chi connectivity index (χ2v) is 6.09. The van der Waals surface area contributed by atoms with Crippen molar-refractivity contribution in [3.63, 3.8) is 0 Å². The summed E-state index contributed by atoms with van der Waals surface area (Å²) in [5, 5.41) is 0.995. The van der Waals surface area contributed by atoms with Gasteiger partial charge in [0.25, 0.3) is 0 Å². The molecule has 0 spiro atoms. The first-order valence-corrected chi connectivity index (χ1v) is 8.15. The first-order chi connectivity index (χ1) is 10.2. The van der Waals surface area contributed by atoms with E-state index in [2.05, 4.69) is 0 Å². The van der Waals surface area contributed by atoms with Crippen molar-refractivity contribution in [2.75, 3.05) is 13.2 Å². The molecular weight excluding hydrogens is 290 g/mol. The number of hydrogen-bond acceptors (Lipinski definition) is 2. The van der Waals surface area contributed by atoms with Crippen LogP contribution < -0.4 is 5.19 Å². The molecule has 2 aromatic carbocycles. The molecule has 0 amide bonds. The van der Waals surface area contributed by atoms with Gasteiger partial charge < -0.3 is 8.85 Å². The summed E-state index contributed by atoms with van der Waals surface area (Å²) in [4.78, 5) is 0. The van der Waals surface area contributed by atoms with E-state index in [0.717, 1.165) is 16.8 Å². The van der Waals surface area contributed by atoms with Crippen LogP contribution in [0.3, 0.4) is 0 Å². The summed E-state index contributed by atoms with van der Waals surface area (Å²) in [6.07, 6.45) is 0. The number of benzene rings is 2. The fraction of sp³-hybridized carbons (Fsp3) is 0.250. The largest absolute Gasteiger partial charge is 0.423 e. The van der Waals surface area contributed by atoms with Gasteiger partial charge >= 0.3 is 9.28 Å². The van der Waals surface area contributed by atoms with Gasteiger partial charge in [-0.3, -0.25) is 0 Å². The Morgan fingerprint density at radius 2 is 1.38 bits per heavy atom. The van der Waals surface area contributed by atoms with Gasteiger partial charge in [-0.1, -0.05) is 30.3 Å². The van der Waals surface area contributed by atoms with Gasteiger partial charge in [0.05, 0.1) is 0 Å². The highest BCUT2D eigenvalue weighted by molar-refractivity contribution is 6.61. The van der Waals surface area contributed by atoms with Gasteiger partial charge in [0, 0.05) is 13.2 Å². The Morgan fingerprint density at radius 3 is 1.90 bits per heavy atom. The SMILES string of the molecule is CCO[Si](OCC)c1ccc(-c2ccc(F)c(F)c2)cc1. The van der Waals surface area contributed by atoms with E-state index in [1.165, 1.54) is 6.07 Å². The molecule has 1 radical (unpaired) electrons. The maximum Gasteiger partial charge on any atom is 0.423 e. The average molecular weight is 307 g/mol. The van der Waals surface area contributed by atoms with Crippen molar-refractivity contribution in [1.82, 2.24) is 0 Å². The highest BCUT2D eigenvalue weighted by atomic mass is 28.3. The first kappa shape index (κ1) is 15.8. The lowest BCUT2D eigenvalue weighted by molar-refractivity contribution is 0.225. The van der Waals surface area contributed by atoms with Crippen LogP contribution >= 0.6 is 0 Å². The molecule has 0 unspecified atom stereocenters. The van der Waals surface area contributed by atoms with Crippen LogP contribution in [0.5, 0.6) is 0 Å². The predicted octanol–water partition coefficient (Wildman–Crippen LogP) is 3.40. The summed E-state index contributed by atoms with van der Waals surface area (Å²) < 4.78 is 37.5. The Hall–Kier alpha value is -1.56. The average Bonchev–Trinajstić information content (AvgIpc) is 2.50. The molecule has 111 valence electrons. The molecule has 0 saturated carbocycles. The Balaban J connectivity index is 2.22. The zero-order valence-corrected chi connectivity index (χ0v) is 13.0. The summed E-state index contributed by atoms with van der Waals surface area (Å²) >= 11 is 0. The predicted molar refractivity (Wildman–Crippen MR) is 80.4 cm³/mol. The van der Waals surface area contributed by atoms with Gasteiger partial charge in [-0.05, 0) is 42.3 Å². The Bertz CT molecular complexity index is 581. The van der Waals surface area contributed by atoms with Crippen molar-refractivity contribution in [3.8, 4) is 11.1 Å². The van der Waals surface area contributed by atoms with Crippen molar-refractivity contribution in [3.05, 3.63) is 54.1 Å². The molecule has 0 aliphatic carbocycles. The molecule has 5 heteroatoms. The topological polar surface area (TPSA) is 18.5 Å². The minimum atomic E-state index is -1.47. The fourth-order valence-corrected chi connectivity index (χ4v) is 3.32. The first-order valence-electron chi connectivity index (χ1n) is 6.84. The molecule has 0 fully saturated rings. The molecule has 0 saturated heterocycles. The summed E-state index contributed by atoms with van der Waals surface area (Å²) in [7, 11) is -1.47. The van der Waals surface area contributed by atoms with Gasteiger partial charge in [-0.25, -0.2) is 8.78 Å². The molecular formula is C16H17F2O2Si. The van der Waals surface area contributed by atoms with Crippen LogP contribution in [-0.4, -0.2) is 22.5 Å². The molecule has 2 nitrogen and oxygen atoms in total. The molecule has 0 aliphatic heterocycles. The van der Waals surface area contributed by atoms with Crippen molar-refractivity contribution in [1.29, 1.82) is 0 Å². The van der Waals surface area contributed by atoms with E-state index in [0.29, 0.717) is 18.8 Å².